The summed E-state index contributed by atoms with van der Waals surface area (Å²) in [6, 6.07) is 5.02. The molecule has 0 saturated carbocycles. The van der Waals surface area contributed by atoms with Gasteiger partial charge < -0.3 is 25.2 Å². The van der Waals surface area contributed by atoms with Gasteiger partial charge in [0.15, 0.2) is 17.2 Å². The van der Waals surface area contributed by atoms with Gasteiger partial charge in [0.05, 0.1) is 11.3 Å². The van der Waals surface area contributed by atoms with Gasteiger partial charge in [0.1, 0.15) is 13.2 Å². The first-order valence-corrected chi connectivity index (χ1v) is 9.79. The van der Waals surface area contributed by atoms with Gasteiger partial charge in [0.2, 0.25) is 0 Å². The van der Waals surface area contributed by atoms with Crippen molar-refractivity contribution >= 4 is 17.5 Å². The molecule has 1 aliphatic heterocycles. The Morgan fingerprint density at radius 3 is 2.86 bits per heavy atom. The summed E-state index contributed by atoms with van der Waals surface area (Å²) in [5.41, 5.74) is 0.700. The topological polar surface area (TPSA) is 126 Å². The van der Waals surface area contributed by atoms with Crippen molar-refractivity contribution in [1.29, 1.82) is 0 Å². The van der Waals surface area contributed by atoms with Crippen LogP contribution in [0.15, 0.2) is 24.4 Å². The van der Waals surface area contributed by atoms with E-state index in [1.54, 1.807) is 18.2 Å². The number of hydrogen-bond donors (Lipinski definition) is 4. The van der Waals surface area contributed by atoms with Gasteiger partial charge in [-0.15, -0.1) is 0 Å². The monoisotopic (exact) mass is 402 g/mol. The quantitative estimate of drug-likeness (QED) is 0.509. The molecule has 156 valence electrons. The summed E-state index contributed by atoms with van der Waals surface area (Å²) >= 11 is 0. The maximum Gasteiger partial charge on any atom is 0.274 e. The van der Waals surface area contributed by atoms with E-state index in [9.17, 15) is 9.59 Å². The molecule has 0 unspecified atom stereocenters. The van der Waals surface area contributed by atoms with E-state index in [1.807, 2.05) is 6.92 Å². The van der Waals surface area contributed by atoms with Gasteiger partial charge in [-0.25, -0.2) is 0 Å². The summed E-state index contributed by atoms with van der Waals surface area (Å²) in [6.07, 6.45) is 4.45. The highest BCUT2D eigenvalue weighted by Gasteiger charge is 2.23. The highest BCUT2D eigenvalue weighted by Crippen LogP contribution is 2.34. The van der Waals surface area contributed by atoms with Crippen LogP contribution in [0.1, 0.15) is 53.5 Å². The van der Waals surface area contributed by atoms with Crippen molar-refractivity contribution < 1.29 is 24.2 Å². The number of nitrogens with zero attached hydrogens (tertiary/aromatic N) is 1. The Balaban J connectivity index is 1.71. The summed E-state index contributed by atoms with van der Waals surface area (Å²) in [5, 5.41) is 21.3. The number of carbonyl (C=O) groups excluding carboxylic acids is 2. The minimum Gasteiger partial charge on any atom is -0.486 e. The molecule has 1 aromatic heterocycles. The molecule has 2 heterocycles. The molecule has 9 heteroatoms. The average Bonchev–Trinajstić information content (AvgIpc) is 3.20. The number of anilines is 1. The number of nitrogens with one attached hydrogen (secondary N) is 3. The summed E-state index contributed by atoms with van der Waals surface area (Å²) < 4.78 is 11.1. The predicted octanol–water partition coefficient (Wildman–Crippen LogP) is 2.10. The van der Waals surface area contributed by atoms with Crippen molar-refractivity contribution in [3.05, 3.63) is 35.7 Å². The number of aromatic nitrogens is 2. The molecule has 2 aromatic rings. The van der Waals surface area contributed by atoms with Gasteiger partial charge in [-0.3, -0.25) is 14.7 Å². The molecule has 1 aromatic carbocycles. The minimum atomic E-state index is -0.423. The number of rotatable bonds is 9. The van der Waals surface area contributed by atoms with Crippen LogP contribution in [0.3, 0.4) is 0 Å². The van der Waals surface area contributed by atoms with Gasteiger partial charge in [-0.2, -0.15) is 5.10 Å². The van der Waals surface area contributed by atoms with Crippen LogP contribution in [-0.2, 0) is 0 Å². The van der Waals surface area contributed by atoms with Crippen molar-refractivity contribution in [3.8, 4) is 11.5 Å². The van der Waals surface area contributed by atoms with Crippen LogP contribution in [0.5, 0.6) is 11.5 Å². The second-order valence-electron chi connectivity index (χ2n) is 6.76. The fourth-order valence-corrected chi connectivity index (χ4v) is 3.23. The average molecular weight is 402 g/mol. The largest absolute Gasteiger partial charge is 0.486 e. The third-order valence-corrected chi connectivity index (χ3v) is 4.60. The van der Waals surface area contributed by atoms with E-state index < -0.39 is 5.91 Å². The van der Waals surface area contributed by atoms with E-state index >= 15 is 0 Å². The number of aromatic amines is 1. The molecule has 29 heavy (non-hydrogen) atoms. The van der Waals surface area contributed by atoms with E-state index in [4.69, 9.17) is 14.6 Å². The van der Waals surface area contributed by atoms with Gasteiger partial charge in [-0.05, 0) is 31.4 Å². The zero-order valence-electron chi connectivity index (χ0n) is 16.4. The number of ether oxygens (including phenoxy) is 2. The number of aliphatic hydroxyl groups excluding tert-OH is 1. The summed E-state index contributed by atoms with van der Waals surface area (Å²) in [7, 11) is 0. The fourth-order valence-electron chi connectivity index (χ4n) is 3.23. The maximum atomic E-state index is 12.8. The van der Waals surface area contributed by atoms with Crippen molar-refractivity contribution in [2.24, 2.45) is 0 Å². The van der Waals surface area contributed by atoms with Crippen molar-refractivity contribution in [2.75, 3.05) is 25.1 Å². The number of H-pyrrole nitrogens is 1. The second-order valence-corrected chi connectivity index (χ2v) is 6.76. The van der Waals surface area contributed by atoms with E-state index in [1.165, 1.54) is 6.20 Å². The molecule has 4 N–H and O–H groups in total. The Bertz CT molecular complexity index is 851. The molecular formula is C20H26N4O5. The standard InChI is InChI=1S/C20H26N4O5/c1-2-5-13(6-4-9-25)22-20(27)17-15(12-21-24-17)23-19(26)14-7-3-8-16-18(14)29-11-10-28-16/h3,7-8,12-13,25H,2,4-6,9-11H2,1H3,(H,21,24)(H,22,27)(H,23,26)/t13-/m0/s1. The molecule has 3 rings (SSSR count). The Kier molecular flexibility index (Phi) is 7.07. The van der Waals surface area contributed by atoms with Gasteiger partial charge in [-0.1, -0.05) is 19.4 Å². The van der Waals surface area contributed by atoms with Crippen LogP contribution in [-0.4, -0.2) is 53.0 Å². The highest BCUT2D eigenvalue weighted by molar-refractivity contribution is 6.09. The van der Waals surface area contributed by atoms with Gasteiger partial charge in [0, 0.05) is 18.8 Å². The highest BCUT2D eigenvalue weighted by atomic mass is 16.6. The fraction of sp³-hybridized carbons (Fsp3) is 0.450. The van der Waals surface area contributed by atoms with Gasteiger partial charge in [0.25, 0.3) is 11.8 Å². The molecule has 2 amide bonds. The molecule has 1 atom stereocenters. The first-order valence-electron chi connectivity index (χ1n) is 9.79. The zero-order valence-corrected chi connectivity index (χ0v) is 16.4. The summed E-state index contributed by atoms with van der Waals surface area (Å²) in [4.78, 5) is 25.5. The smallest absolute Gasteiger partial charge is 0.274 e. The minimum absolute atomic E-state index is 0.0633. The van der Waals surface area contributed by atoms with E-state index in [0.29, 0.717) is 43.1 Å². The van der Waals surface area contributed by atoms with Crippen molar-refractivity contribution in [1.82, 2.24) is 15.5 Å². The Morgan fingerprint density at radius 2 is 2.07 bits per heavy atom. The van der Waals surface area contributed by atoms with Crippen molar-refractivity contribution in [2.45, 2.75) is 38.6 Å². The molecule has 0 aliphatic carbocycles. The Labute approximate surface area is 168 Å². The molecule has 9 nitrogen and oxygen atoms in total. The van der Waals surface area contributed by atoms with Crippen LogP contribution in [0.4, 0.5) is 5.69 Å². The van der Waals surface area contributed by atoms with Crippen LogP contribution in [0.25, 0.3) is 0 Å². The molecule has 0 radical (unpaired) electrons. The number of carbonyl (C=O) groups is 2. The third-order valence-electron chi connectivity index (χ3n) is 4.60. The Hall–Kier alpha value is -3.07. The normalized spacial score (nSPS) is 13.6. The van der Waals surface area contributed by atoms with Crippen LogP contribution >= 0.6 is 0 Å². The van der Waals surface area contributed by atoms with E-state index in [-0.39, 0.29) is 29.9 Å². The lowest BCUT2D eigenvalue weighted by molar-refractivity contribution is 0.0926. The molecule has 0 saturated heterocycles. The first-order chi connectivity index (χ1) is 14.1. The lowest BCUT2D eigenvalue weighted by Gasteiger charge is -2.20. The van der Waals surface area contributed by atoms with Crippen LogP contribution < -0.4 is 20.1 Å². The molecule has 0 spiro atoms. The number of amides is 2. The van der Waals surface area contributed by atoms with Crippen LogP contribution in [0.2, 0.25) is 0 Å². The third kappa shape index (κ3) is 5.05. The molecule has 0 bridgehead atoms. The number of fused-ring (bicyclic) bond motifs is 1. The summed E-state index contributed by atoms with van der Waals surface area (Å²) in [5.74, 6) is 0.0962. The van der Waals surface area contributed by atoms with E-state index in [0.717, 1.165) is 12.8 Å². The van der Waals surface area contributed by atoms with E-state index in [2.05, 4.69) is 20.8 Å². The molecule has 0 fully saturated rings. The molecular weight excluding hydrogens is 376 g/mol. The second kappa shape index (κ2) is 9.92. The Morgan fingerprint density at radius 1 is 1.24 bits per heavy atom. The van der Waals surface area contributed by atoms with Crippen molar-refractivity contribution in [3.63, 3.8) is 0 Å². The maximum absolute atomic E-state index is 12.8. The molecule has 1 aliphatic rings. The van der Waals surface area contributed by atoms with Crippen LogP contribution in [0, 0.1) is 0 Å². The lowest BCUT2D eigenvalue weighted by atomic mass is 10.1. The number of aliphatic hydroxyl groups is 1. The SMILES string of the molecule is CCC[C@@H](CCCO)NC(=O)c1n[nH]cc1NC(=O)c1cccc2c1OCCO2. The summed E-state index contributed by atoms with van der Waals surface area (Å²) in [6.45, 7) is 2.90. The number of hydrogen-bond acceptors (Lipinski definition) is 6. The predicted molar refractivity (Wildman–Crippen MR) is 106 cm³/mol. The number of para-hydroxylation sites is 1. The zero-order chi connectivity index (χ0) is 20.6. The van der Waals surface area contributed by atoms with Gasteiger partial charge >= 0.3 is 0 Å². The first kappa shape index (κ1) is 20.7. The lowest BCUT2D eigenvalue weighted by Crippen LogP contribution is -2.35. The number of benzene rings is 1.